The van der Waals surface area contributed by atoms with Crippen LogP contribution in [0.2, 0.25) is 0 Å². The molecule has 0 bridgehead atoms. The number of aromatic nitrogens is 1. The molecule has 1 aromatic carbocycles. The van der Waals surface area contributed by atoms with Crippen LogP contribution in [0.4, 0.5) is 31.5 Å². The predicted octanol–water partition coefficient (Wildman–Crippen LogP) is 4.92. The van der Waals surface area contributed by atoms with Gasteiger partial charge in [-0.25, -0.2) is 9.78 Å². The number of halogens is 6. The van der Waals surface area contributed by atoms with Gasteiger partial charge in [-0.15, -0.1) is 0 Å². The van der Waals surface area contributed by atoms with Gasteiger partial charge in [-0.2, -0.15) is 26.3 Å². The van der Waals surface area contributed by atoms with Gasteiger partial charge in [0.05, 0.1) is 23.4 Å². The molecule has 0 saturated heterocycles. The average Bonchev–Trinajstić information content (AvgIpc) is 2.93. The number of nitrogens with zero attached hydrogens (tertiary/aromatic N) is 1. The highest BCUT2D eigenvalue weighted by Gasteiger charge is 2.37. The maximum Gasteiger partial charge on any atom is 0.416 e. The number of amides is 1. The number of carbonyl (C=O) groups excluding carboxylic acids is 2. The van der Waals surface area contributed by atoms with Crippen LogP contribution in [0.15, 0.2) is 18.2 Å². The zero-order chi connectivity index (χ0) is 21.3. The molecule has 0 aliphatic carbocycles. The molecule has 0 unspecified atom stereocenters. The molecule has 1 N–H and O–H groups in total. The molecule has 0 aliphatic heterocycles. The van der Waals surface area contributed by atoms with Gasteiger partial charge in [0.15, 0.2) is 5.13 Å². The molecular formula is C16H12F6N2O3S. The number of aryl methyl sites for hydroxylation is 1. The second-order valence-electron chi connectivity index (χ2n) is 5.40. The molecule has 2 aromatic rings. The molecule has 0 aliphatic rings. The van der Waals surface area contributed by atoms with Crippen molar-refractivity contribution in [2.75, 3.05) is 11.9 Å². The quantitative estimate of drug-likeness (QED) is 0.557. The second kappa shape index (κ2) is 7.78. The maximum atomic E-state index is 12.9. The minimum absolute atomic E-state index is 0.0529. The number of ether oxygens (including phenoxy) is 1. The van der Waals surface area contributed by atoms with Crippen molar-refractivity contribution in [2.45, 2.75) is 26.2 Å². The van der Waals surface area contributed by atoms with E-state index in [2.05, 4.69) is 10.3 Å². The molecule has 152 valence electrons. The molecule has 1 amide bonds. The first-order chi connectivity index (χ1) is 12.8. The zero-order valence-corrected chi connectivity index (χ0v) is 15.1. The van der Waals surface area contributed by atoms with E-state index in [0.29, 0.717) is 23.5 Å². The van der Waals surface area contributed by atoms with Gasteiger partial charge in [-0.05, 0) is 32.0 Å². The monoisotopic (exact) mass is 426 g/mol. The summed E-state index contributed by atoms with van der Waals surface area (Å²) in [5.41, 5.74) is -3.89. The number of hydrogen-bond donors (Lipinski definition) is 1. The smallest absolute Gasteiger partial charge is 0.416 e. The molecule has 5 nitrogen and oxygen atoms in total. The first kappa shape index (κ1) is 21.7. The van der Waals surface area contributed by atoms with E-state index in [1.807, 2.05) is 0 Å². The van der Waals surface area contributed by atoms with Gasteiger partial charge in [0.2, 0.25) is 0 Å². The Morgan fingerprint density at radius 1 is 1.07 bits per heavy atom. The van der Waals surface area contributed by atoms with Crippen molar-refractivity contribution in [3.63, 3.8) is 0 Å². The van der Waals surface area contributed by atoms with E-state index >= 15 is 0 Å². The topological polar surface area (TPSA) is 68.3 Å². The molecule has 28 heavy (non-hydrogen) atoms. The van der Waals surface area contributed by atoms with Crippen LogP contribution in [0.3, 0.4) is 0 Å². The van der Waals surface area contributed by atoms with Gasteiger partial charge in [0.1, 0.15) is 4.88 Å². The molecule has 2 rings (SSSR count). The lowest BCUT2D eigenvalue weighted by Crippen LogP contribution is -2.17. The Hall–Kier alpha value is -2.63. The van der Waals surface area contributed by atoms with Crippen LogP contribution in [-0.2, 0) is 17.1 Å². The summed E-state index contributed by atoms with van der Waals surface area (Å²) in [5, 5.41) is 1.93. The van der Waals surface area contributed by atoms with Crippen LogP contribution < -0.4 is 5.32 Å². The van der Waals surface area contributed by atoms with Crippen LogP contribution >= 0.6 is 11.3 Å². The molecule has 0 spiro atoms. The number of nitrogens with one attached hydrogen (secondary N) is 1. The number of esters is 1. The lowest BCUT2D eigenvalue weighted by atomic mass is 10.0. The van der Waals surface area contributed by atoms with Crippen LogP contribution in [0.1, 0.15) is 43.8 Å². The lowest BCUT2D eigenvalue weighted by molar-refractivity contribution is -0.143. The maximum absolute atomic E-state index is 12.9. The number of anilines is 1. The summed E-state index contributed by atoms with van der Waals surface area (Å²) in [6.07, 6.45) is -10.2. The molecule has 0 atom stereocenters. The Bertz CT molecular complexity index is 873. The van der Waals surface area contributed by atoms with Gasteiger partial charge in [0.25, 0.3) is 5.91 Å². The van der Waals surface area contributed by atoms with Gasteiger partial charge in [-0.3, -0.25) is 10.1 Å². The van der Waals surface area contributed by atoms with Crippen LogP contribution in [0.5, 0.6) is 0 Å². The molecular weight excluding hydrogens is 414 g/mol. The van der Waals surface area contributed by atoms with E-state index in [0.717, 1.165) is 0 Å². The van der Waals surface area contributed by atoms with Crippen molar-refractivity contribution >= 4 is 28.3 Å². The van der Waals surface area contributed by atoms with Gasteiger partial charge in [-0.1, -0.05) is 11.3 Å². The number of benzene rings is 1. The number of alkyl halides is 6. The van der Waals surface area contributed by atoms with Crippen LogP contribution in [-0.4, -0.2) is 23.5 Å². The first-order valence-corrected chi connectivity index (χ1v) is 8.40. The Morgan fingerprint density at radius 3 is 2.07 bits per heavy atom. The van der Waals surface area contributed by atoms with Gasteiger partial charge >= 0.3 is 18.3 Å². The molecule has 1 heterocycles. The third-order valence-corrected chi connectivity index (χ3v) is 4.38. The average molecular weight is 426 g/mol. The summed E-state index contributed by atoms with van der Waals surface area (Å²) in [5.74, 6) is -1.95. The predicted molar refractivity (Wildman–Crippen MR) is 87.2 cm³/mol. The Balaban J connectivity index is 2.37. The molecule has 0 radical (unpaired) electrons. The van der Waals surface area contributed by atoms with E-state index in [1.54, 1.807) is 6.92 Å². The van der Waals surface area contributed by atoms with E-state index < -0.39 is 40.9 Å². The lowest BCUT2D eigenvalue weighted by Gasteiger charge is -2.13. The summed E-state index contributed by atoms with van der Waals surface area (Å²) >= 11 is 0.688. The molecule has 12 heteroatoms. The Morgan fingerprint density at radius 2 is 1.61 bits per heavy atom. The Kier molecular flexibility index (Phi) is 6.02. The number of rotatable bonds is 4. The van der Waals surface area contributed by atoms with Crippen molar-refractivity contribution in [3.8, 4) is 0 Å². The normalized spacial score (nSPS) is 12.0. The summed E-state index contributed by atoms with van der Waals surface area (Å²) in [4.78, 5) is 27.8. The van der Waals surface area contributed by atoms with Crippen molar-refractivity contribution in [2.24, 2.45) is 0 Å². The molecule has 0 saturated carbocycles. The highest BCUT2D eigenvalue weighted by atomic mass is 32.1. The van der Waals surface area contributed by atoms with Crippen molar-refractivity contribution in [3.05, 3.63) is 45.5 Å². The minimum Gasteiger partial charge on any atom is -0.462 e. The fraction of sp³-hybridized carbons (Fsp3) is 0.312. The third-order valence-electron chi connectivity index (χ3n) is 3.33. The van der Waals surface area contributed by atoms with E-state index in [-0.39, 0.29) is 28.4 Å². The van der Waals surface area contributed by atoms with Gasteiger partial charge in [0, 0.05) is 5.56 Å². The van der Waals surface area contributed by atoms with Crippen molar-refractivity contribution in [1.82, 2.24) is 4.98 Å². The third kappa shape index (κ3) is 5.00. The summed E-state index contributed by atoms with van der Waals surface area (Å²) in [7, 11) is 0. The highest BCUT2D eigenvalue weighted by molar-refractivity contribution is 7.17. The summed E-state index contributed by atoms with van der Waals surface area (Å²) < 4.78 is 82.1. The molecule has 1 aromatic heterocycles. The molecule has 0 fully saturated rings. The highest BCUT2D eigenvalue weighted by Crippen LogP contribution is 2.36. The van der Waals surface area contributed by atoms with E-state index in [9.17, 15) is 35.9 Å². The van der Waals surface area contributed by atoms with Crippen LogP contribution in [0, 0.1) is 6.92 Å². The summed E-state index contributed by atoms with van der Waals surface area (Å²) in [6, 6.07) is 0.526. The van der Waals surface area contributed by atoms with Gasteiger partial charge < -0.3 is 4.74 Å². The minimum atomic E-state index is -5.08. The van der Waals surface area contributed by atoms with E-state index in [4.69, 9.17) is 4.74 Å². The van der Waals surface area contributed by atoms with E-state index in [1.165, 1.54) is 6.92 Å². The summed E-state index contributed by atoms with van der Waals surface area (Å²) in [6.45, 7) is 3.09. The number of thiazole rings is 1. The fourth-order valence-corrected chi connectivity index (χ4v) is 2.95. The number of hydrogen-bond acceptors (Lipinski definition) is 5. The zero-order valence-electron chi connectivity index (χ0n) is 14.3. The number of carbonyl (C=O) groups is 2. The van der Waals surface area contributed by atoms with Crippen molar-refractivity contribution in [1.29, 1.82) is 0 Å². The first-order valence-electron chi connectivity index (χ1n) is 7.58. The second-order valence-corrected chi connectivity index (χ2v) is 6.40. The van der Waals surface area contributed by atoms with Crippen LogP contribution in [0.25, 0.3) is 0 Å². The largest absolute Gasteiger partial charge is 0.462 e. The fourth-order valence-electron chi connectivity index (χ4n) is 2.09. The van der Waals surface area contributed by atoms with Crippen molar-refractivity contribution < 1.29 is 40.7 Å². The standard InChI is InChI=1S/C16H12F6N2O3S/c1-3-27-13(26)11-7(2)23-14(28-11)24-12(25)8-4-9(15(17,18)19)6-10(5-8)16(20,21)22/h4-6H,3H2,1-2H3,(H,23,24,25). The Labute approximate surface area is 158 Å². The SMILES string of the molecule is CCOC(=O)c1sc(NC(=O)c2cc(C(F)(F)F)cc(C(F)(F)F)c2)nc1C.